The van der Waals surface area contributed by atoms with Gasteiger partial charge in [0.05, 0.1) is 5.92 Å². The van der Waals surface area contributed by atoms with Crippen LogP contribution in [0.15, 0.2) is 18.2 Å². The normalized spacial score (nSPS) is 16.7. The fourth-order valence-electron chi connectivity index (χ4n) is 2.81. The number of nitrogens with zero attached hydrogens (tertiary/aromatic N) is 1. The summed E-state index contributed by atoms with van der Waals surface area (Å²) in [6, 6.07) is 4.65. The minimum Gasteiger partial charge on any atom is -0.427 e. The molecule has 1 aromatic carbocycles. The van der Waals surface area contributed by atoms with E-state index in [2.05, 4.69) is 22.6 Å². The van der Waals surface area contributed by atoms with Gasteiger partial charge >= 0.3 is 11.9 Å². The summed E-state index contributed by atoms with van der Waals surface area (Å²) >= 11 is 2.20. The van der Waals surface area contributed by atoms with E-state index in [-0.39, 0.29) is 36.2 Å². The van der Waals surface area contributed by atoms with Crippen molar-refractivity contribution < 1.29 is 28.7 Å². The second-order valence-corrected chi connectivity index (χ2v) is 7.07. The summed E-state index contributed by atoms with van der Waals surface area (Å²) in [5.41, 5.74) is 0.609. The molecule has 1 fully saturated rings. The van der Waals surface area contributed by atoms with Gasteiger partial charge in [0.15, 0.2) is 0 Å². The highest BCUT2D eigenvalue weighted by molar-refractivity contribution is 14.1. The fraction of sp³-hybridized carbons (Fsp3) is 0.444. The third-order valence-corrected chi connectivity index (χ3v) is 4.64. The van der Waals surface area contributed by atoms with E-state index in [0.29, 0.717) is 12.1 Å². The van der Waals surface area contributed by atoms with E-state index in [0.717, 1.165) is 10.8 Å². The molecule has 1 aliphatic heterocycles. The van der Waals surface area contributed by atoms with E-state index in [1.165, 1.54) is 24.8 Å². The van der Waals surface area contributed by atoms with Crippen molar-refractivity contribution in [2.24, 2.45) is 5.92 Å². The van der Waals surface area contributed by atoms with Crippen LogP contribution in [0.25, 0.3) is 0 Å². The van der Waals surface area contributed by atoms with Crippen LogP contribution < -0.4 is 9.47 Å². The predicted octanol–water partition coefficient (Wildman–Crippen LogP) is 2.28. The van der Waals surface area contributed by atoms with Gasteiger partial charge in [-0.2, -0.15) is 0 Å². The minimum absolute atomic E-state index is 0.144. The maximum absolute atomic E-state index is 12.5. The monoisotopic (exact) mass is 473 g/mol. The van der Waals surface area contributed by atoms with Gasteiger partial charge in [-0.3, -0.25) is 24.1 Å². The van der Waals surface area contributed by atoms with Gasteiger partial charge < -0.3 is 9.47 Å². The Balaban J connectivity index is 2.19. The summed E-state index contributed by atoms with van der Waals surface area (Å²) in [5, 5.41) is 0. The van der Waals surface area contributed by atoms with Gasteiger partial charge in [0.25, 0.3) is 0 Å². The predicted molar refractivity (Wildman–Crippen MR) is 101 cm³/mol. The Kier molecular flexibility index (Phi) is 7.13. The van der Waals surface area contributed by atoms with Gasteiger partial charge in [-0.05, 0) is 24.5 Å². The highest BCUT2D eigenvalue weighted by atomic mass is 127. The number of hydrogen-bond acceptors (Lipinski definition) is 6. The van der Waals surface area contributed by atoms with Crippen molar-refractivity contribution >= 4 is 46.3 Å². The molecule has 1 atom stereocenters. The summed E-state index contributed by atoms with van der Waals surface area (Å²) in [6.07, 6.45) is 1.18. The van der Waals surface area contributed by atoms with Crippen LogP contribution in [0, 0.1) is 5.92 Å². The molecule has 0 aliphatic carbocycles. The topological polar surface area (TPSA) is 90.0 Å². The average Bonchev–Trinajstić information content (AvgIpc) is 2.81. The van der Waals surface area contributed by atoms with Crippen molar-refractivity contribution in [3.8, 4) is 11.5 Å². The molecular weight excluding hydrogens is 453 g/mol. The number of hydrogen-bond donors (Lipinski definition) is 0. The SMILES string of the molecule is CC(=O)Oc1ccc(CC2CC(=O)N(CCCI)C2=O)c(OC(C)=O)c1. The van der Waals surface area contributed by atoms with Gasteiger partial charge in [0.1, 0.15) is 11.5 Å². The molecule has 0 saturated carbocycles. The number of imide groups is 1. The number of halogens is 1. The summed E-state index contributed by atoms with van der Waals surface area (Å²) < 4.78 is 11.1. The first kappa shape index (κ1) is 20.3. The second kappa shape index (κ2) is 9.11. The lowest BCUT2D eigenvalue weighted by atomic mass is 9.97. The molecule has 0 N–H and O–H groups in total. The van der Waals surface area contributed by atoms with E-state index < -0.39 is 17.9 Å². The van der Waals surface area contributed by atoms with Crippen LogP contribution in [-0.4, -0.2) is 39.6 Å². The molecule has 0 radical (unpaired) electrons. The number of rotatable bonds is 7. The van der Waals surface area contributed by atoms with Gasteiger partial charge in [-0.1, -0.05) is 28.7 Å². The second-order valence-electron chi connectivity index (χ2n) is 5.99. The molecule has 0 bridgehead atoms. The van der Waals surface area contributed by atoms with E-state index in [1.54, 1.807) is 12.1 Å². The Bertz CT molecular complexity index is 732. The zero-order valence-corrected chi connectivity index (χ0v) is 16.8. The van der Waals surface area contributed by atoms with Gasteiger partial charge in [0, 0.05) is 37.3 Å². The van der Waals surface area contributed by atoms with Crippen LogP contribution in [0.1, 0.15) is 32.3 Å². The third-order valence-electron chi connectivity index (χ3n) is 3.87. The van der Waals surface area contributed by atoms with Crippen molar-refractivity contribution in [2.45, 2.75) is 33.1 Å². The standard InChI is InChI=1S/C18H20INO6/c1-11(21)25-15-5-4-13(16(10-15)26-12(2)22)8-14-9-17(23)20(18(14)24)7-3-6-19/h4-5,10,14H,3,6-9H2,1-2H3. The van der Waals surface area contributed by atoms with Gasteiger partial charge in [0.2, 0.25) is 11.8 Å². The van der Waals surface area contributed by atoms with Gasteiger partial charge in [-0.15, -0.1) is 0 Å². The van der Waals surface area contributed by atoms with Crippen LogP contribution in [0.3, 0.4) is 0 Å². The molecule has 140 valence electrons. The van der Waals surface area contributed by atoms with Crippen LogP contribution in [-0.2, 0) is 25.6 Å². The molecule has 1 aromatic rings. The molecule has 1 unspecified atom stereocenters. The van der Waals surface area contributed by atoms with Crippen molar-refractivity contribution in [1.29, 1.82) is 0 Å². The quantitative estimate of drug-likeness (QED) is 0.199. The van der Waals surface area contributed by atoms with Crippen LogP contribution in [0.5, 0.6) is 11.5 Å². The highest BCUT2D eigenvalue weighted by Crippen LogP contribution is 2.31. The molecule has 2 rings (SSSR count). The summed E-state index contributed by atoms with van der Waals surface area (Å²) in [7, 11) is 0. The number of amides is 2. The lowest BCUT2D eigenvalue weighted by Crippen LogP contribution is -2.32. The number of likely N-dealkylation sites (tertiary alicyclic amines) is 1. The number of ether oxygens (including phenoxy) is 2. The molecule has 1 heterocycles. The smallest absolute Gasteiger partial charge is 0.308 e. The summed E-state index contributed by atoms with van der Waals surface area (Å²) in [5.74, 6) is -1.39. The van der Waals surface area contributed by atoms with E-state index in [4.69, 9.17) is 9.47 Å². The molecule has 2 amide bonds. The Morgan fingerprint density at radius 1 is 1.19 bits per heavy atom. The van der Waals surface area contributed by atoms with Crippen molar-refractivity contribution in [2.75, 3.05) is 11.0 Å². The van der Waals surface area contributed by atoms with Crippen molar-refractivity contribution in [3.05, 3.63) is 23.8 Å². The maximum Gasteiger partial charge on any atom is 0.308 e. The molecule has 7 nitrogen and oxygen atoms in total. The van der Waals surface area contributed by atoms with Gasteiger partial charge in [-0.25, -0.2) is 0 Å². The molecule has 1 aliphatic rings. The van der Waals surface area contributed by atoms with Crippen molar-refractivity contribution in [3.63, 3.8) is 0 Å². The molecule has 1 saturated heterocycles. The third kappa shape index (κ3) is 5.26. The Morgan fingerprint density at radius 3 is 2.50 bits per heavy atom. The Hall–Kier alpha value is -1.97. The van der Waals surface area contributed by atoms with E-state index >= 15 is 0 Å². The lowest BCUT2D eigenvalue weighted by molar-refractivity contribution is -0.139. The molecule has 0 spiro atoms. The summed E-state index contributed by atoms with van der Waals surface area (Å²) in [6.45, 7) is 2.96. The number of carbonyl (C=O) groups excluding carboxylic acids is 4. The van der Waals surface area contributed by atoms with Crippen LogP contribution in [0.2, 0.25) is 0 Å². The minimum atomic E-state index is -0.524. The van der Waals surface area contributed by atoms with Crippen LogP contribution in [0.4, 0.5) is 0 Å². The maximum atomic E-state index is 12.5. The van der Waals surface area contributed by atoms with E-state index in [1.807, 2.05) is 0 Å². The number of alkyl halides is 1. The lowest BCUT2D eigenvalue weighted by Gasteiger charge is -2.15. The first-order valence-electron chi connectivity index (χ1n) is 8.21. The Labute approximate surface area is 165 Å². The fourth-order valence-corrected chi connectivity index (χ4v) is 3.15. The molecule has 26 heavy (non-hydrogen) atoms. The zero-order valence-electron chi connectivity index (χ0n) is 14.6. The number of carbonyl (C=O) groups is 4. The molecular formula is C18H20INO6. The first-order chi connectivity index (χ1) is 12.3. The van der Waals surface area contributed by atoms with Crippen LogP contribution >= 0.6 is 22.6 Å². The van der Waals surface area contributed by atoms with Crippen molar-refractivity contribution in [1.82, 2.24) is 4.90 Å². The molecule has 8 heteroatoms. The Morgan fingerprint density at radius 2 is 1.88 bits per heavy atom. The number of esters is 2. The highest BCUT2D eigenvalue weighted by Gasteiger charge is 2.38. The number of benzene rings is 1. The largest absolute Gasteiger partial charge is 0.427 e. The average molecular weight is 473 g/mol. The molecule has 0 aromatic heterocycles. The first-order valence-corrected chi connectivity index (χ1v) is 9.74. The van der Waals surface area contributed by atoms with E-state index in [9.17, 15) is 19.2 Å². The zero-order chi connectivity index (χ0) is 19.3. The summed E-state index contributed by atoms with van der Waals surface area (Å²) in [4.78, 5) is 48.4.